The molecular weight excluding hydrogens is 555 g/mol. The Hall–Kier alpha value is -2.59. The van der Waals surface area contributed by atoms with E-state index in [0.29, 0.717) is 44.3 Å². The lowest BCUT2D eigenvalue weighted by Gasteiger charge is -2.56. The largest absolute Gasteiger partial charge is 0.456 e. The van der Waals surface area contributed by atoms with Crippen molar-refractivity contribution < 1.29 is 36.6 Å². The van der Waals surface area contributed by atoms with E-state index in [0.717, 1.165) is 35.4 Å². The molecule has 0 aromatic heterocycles. The van der Waals surface area contributed by atoms with Gasteiger partial charge in [0.05, 0.1) is 0 Å². The van der Waals surface area contributed by atoms with Crippen molar-refractivity contribution in [2.75, 3.05) is 33.2 Å². The lowest BCUT2D eigenvalue weighted by molar-refractivity contribution is -0.362. The van der Waals surface area contributed by atoms with Gasteiger partial charge < -0.3 is 14.9 Å². The number of likely N-dealkylation sites (N-methyl/N-ethyl adjacent to an activating group) is 1. The Balaban J connectivity index is 1.42. The molecule has 1 heterocycles. The number of hydrogen-bond acceptors (Lipinski definition) is 4. The highest BCUT2D eigenvalue weighted by atomic mass is 19.4. The van der Waals surface area contributed by atoms with Crippen molar-refractivity contribution in [3.05, 3.63) is 58.2 Å². The number of alkyl halides is 5. The molecule has 228 valence electrons. The molecule has 5 atom stereocenters. The van der Waals surface area contributed by atoms with Gasteiger partial charge in [-0.25, -0.2) is 0 Å². The summed E-state index contributed by atoms with van der Waals surface area (Å²) < 4.78 is 71.6. The number of piperazine rings is 1. The quantitative estimate of drug-likeness (QED) is 0.444. The van der Waals surface area contributed by atoms with Gasteiger partial charge >= 0.3 is 12.1 Å². The molecule has 6 rings (SSSR count). The van der Waals surface area contributed by atoms with Crippen LogP contribution in [0.5, 0.6) is 0 Å². The van der Waals surface area contributed by atoms with Gasteiger partial charge in [0.25, 0.3) is 5.91 Å². The van der Waals surface area contributed by atoms with Gasteiger partial charge in [0, 0.05) is 49.5 Å². The first-order chi connectivity index (χ1) is 19.7. The number of benzene rings is 1. The first-order valence-corrected chi connectivity index (χ1v) is 14.9. The molecule has 5 nitrogen and oxygen atoms in total. The van der Waals surface area contributed by atoms with Crippen LogP contribution in [0.3, 0.4) is 0 Å². The van der Waals surface area contributed by atoms with E-state index in [-0.39, 0.29) is 30.4 Å². The highest BCUT2D eigenvalue weighted by molar-refractivity contribution is 5.94. The molecule has 1 aliphatic heterocycles. The number of halogens is 5. The van der Waals surface area contributed by atoms with E-state index in [4.69, 9.17) is 0 Å². The molecule has 3 fully saturated rings. The van der Waals surface area contributed by atoms with Crippen LogP contribution in [0.15, 0.2) is 47.1 Å². The third kappa shape index (κ3) is 4.30. The smallest absolute Gasteiger partial charge is 0.383 e. The highest BCUT2D eigenvalue weighted by Crippen LogP contribution is 2.70. The molecule has 1 aromatic rings. The monoisotopic (exact) mass is 592 g/mol. The third-order valence-corrected chi connectivity index (χ3v) is 11.1. The van der Waals surface area contributed by atoms with Crippen molar-refractivity contribution in [3.63, 3.8) is 0 Å². The number of fused-ring (bicyclic) bond motifs is 4. The zero-order chi connectivity index (χ0) is 30.2. The summed E-state index contributed by atoms with van der Waals surface area (Å²) in [7, 11) is 2.00. The third-order valence-electron chi connectivity index (χ3n) is 11.1. The van der Waals surface area contributed by atoms with Crippen LogP contribution >= 0.6 is 0 Å². The zero-order valence-corrected chi connectivity index (χ0v) is 23.9. The lowest BCUT2D eigenvalue weighted by atomic mass is 9.50. The summed E-state index contributed by atoms with van der Waals surface area (Å²) in [5.74, 6) is -6.69. The van der Waals surface area contributed by atoms with Crippen LogP contribution < -0.4 is 0 Å². The standard InChI is InChI=1S/C32H37F5N2O3/c1-29-18-25(19-3-5-20(6-4-19)28(41)39-15-13-38(2)14-16-39)27-23-10-8-22(40)17-21(23)7-9-24(27)26(29)11-12-30(29,42)31(33,34)32(35,36)37/h3-6,17,24-26,42H,7-16,18H2,1-2H3/t24-,25+,26-,29-,30+/m0/s1. The summed E-state index contributed by atoms with van der Waals surface area (Å²) in [5.41, 5.74) is -0.764. The fraction of sp³-hybridized carbons (Fsp3) is 0.625. The SMILES string of the molecule is CN1CCN(C(=O)c2ccc([C@H]3C[C@@]4(C)[C@@H](CC[C@]4(O)C(F)(F)C(F)(F)F)[C@@H]4CCC5=CC(=O)CCC5=C43)cc2)CC1. The number of carbonyl (C=O) groups is 2. The molecule has 0 unspecified atom stereocenters. The summed E-state index contributed by atoms with van der Waals surface area (Å²) in [5, 5.41) is 11.4. The number of nitrogens with zero attached hydrogens (tertiary/aromatic N) is 2. The molecule has 1 N–H and O–H groups in total. The van der Waals surface area contributed by atoms with Crippen LogP contribution in [0, 0.1) is 17.3 Å². The highest BCUT2D eigenvalue weighted by Gasteiger charge is 2.79. The molecule has 4 aliphatic carbocycles. The van der Waals surface area contributed by atoms with Gasteiger partial charge in [0.15, 0.2) is 5.78 Å². The summed E-state index contributed by atoms with van der Waals surface area (Å²) in [6.45, 7) is 4.18. The Kier molecular flexibility index (Phi) is 7.00. The second kappa shape index (κ2) is 9.97. The first-order valence-electron chi connectivity index (χ1n) is 14.9. The van der Waals surface area contributed by atoms with Crippen molar-refractivity contribution in [3.8, 4) is 0 Å². The Morgan fingerprint density at radius 3 is 2.29 bits per heavy atom. The minimum Gasteiger partial charge on any atom is -0.383 e. The predicted molar refractivity (Wildman–Crippen MR) is 146 cm³/mol. The number of aliphatic hydroxyl groups is 1. The number of rotatable bonds is 3. The molecule has 10 heteroatoms. The second-order valence-electron chi connectivity index (χ2n) is 13.2. The van der Waals surface area contributed by atoms with Gasteiger partial charge in [-0.1, -0.05) is 24.6 Å². The molecule has 42 heavy (non-hydrogen) atoms. The van der Waals surface area contributed by atoms with Gasteiger partial charge in [0.1, 0.15) is 5.60 Å². The zero-order valence-electron chi connectivity index (χ0n) is 23.9. The second-order valence-corrected chi connectivity index (χ2v) is 13.2. The lowest BCUT2D eigenvalue weighted by Crippen LogP contribution is -2.65. The molecule has 1 saturated heterocycles. The predicted octanol–water partition coefficient (Wildman–Crippen LogP) is 5.90. The Morgan fingerprint density at radius 1 is 0.976 bits per heavy atom. The Morgan fingerprint density at radius 2 is 1.64 bits per heavy atom. The summed E-state index contributed by atoms with van der Waals surface area (Å²) in [6, 6.07) is 6.98. The van der Waals surface area contributed by atoms with Gasteiger partial charge in [-0.2, -0.15) is 22.0 Å². The van der Waals surface area contributed by atoms with E-state index < -0.39 is 41.4 Å². The van der Waals surface area contributed by atoms with Crippen LogP contribution in [-0.2, 0) is 4.79 Å². The number of allylic oxidation sites excluding steroid dienone is 4. The average molecular weight is 593 g/mol. The van der Waals surface area contributed by atoms with Crippen molar-refractivity contribution in [1.29, 1.82) is 0 Å². The molecule has 0 radical (unpaired) electrons. The van der Waals surface area contributed by atoms with Crippen molar-refractivity contribution in [2.24, 2.45) is 17.3 Å². The maximum atomic E-state index is 15.2. The normalized spacial score (nSPS) is 34.1. The van der Waals surface area contributed by atoms with Crippen LogP contribution in [-0.4, -0.2) is 77.5 Å². The van der Waals surface area contributed by atoms with Gasteiger partial charge in [0.2, 0.25) is 0 Å². The number of carbonyl (C=O) groups excluding carboxylic acids is 2. The van der Waals surface area contributed by atoms with Crippen molar-refractivity contribution in [2.45, 2.75) is 75.5 Å². The Bertz CT molecular complexity index is 1340. The van der Waals surface area contributed by atoms with E-state index in [1.54, 1.807) is 35.2 Å². The number of ketones is 1. The molecule has 5 aliphatic rings. The van der Waals surface area contributed by atoms with E-state index >= 15 is 8.78 Å². The maximum absolute atomic E-state index is 15.2. The van der Waals surface area contributed by atoms with Crippen LogP contribution in [0.1, 0.15) is 73.7 Å². The first kappa shape index (κ1) is 29.5. The molecule has 0 bridgehead atoms. The van der Waals surface area contributed by atoms with E-state index in [9.17, 15) is 27.9 Å². The minimum absolute atomic E-state index is 0.0387. The fourth-order valence-electron chi connectivity index (χ4n) is 8.76. The maximum Gasteiger partial charge on any atom is 0.456 e. The van der Waals surface area contributed by atoms with Crippen LogP contribution in [0.2, 0.25) is 0 Å². The van der Waals surface area contributed by atoms with Gasteiger partial charge in [-0.15, -0.1) is 0 Å². The molecule has 2 saturated carbocycles. The van der Waals surface area contributed by atoms with E-state index in [1.165, 1.54) is 6.92 Å². The van der Waals surface area contributed by atoms with Gasteiger partial charge in [-0.3, -0.25) is 9.59 Å². The average Bonchev–Trinajstić information content (AvgIpc) is 3.23. The topological polar surface area (TPSA) is 60.9 Å². The van der Waals surface area contributed by atoms with Crippen molar-refractivity contribution in [1.82, 2.24) is 9.80 Å². The molecule has 1 amide bonds. The number of hydrogen-bond donors (Lipinski definition) is 1. The molecule has 1 aromatic carbocycles. The van der Waals surface area contributed by atoms with E-state index in [2.05, 4.69) is 4.90 Å². The molecule has 0 spiro atoms. The summed E-state index contributed by atoms with van der Waals surface area (Å²) >= 11 is 0. The van der Waals surface area contributed by atoms with E-state index in [1.807, 2.05) is 7.05 Å². The van der Waals surface area contributed by atoms with Crippen LogP contribution in [0.4, 0.5) is 22.0 Å². The summed E-state index contributed by atoms with van der Waals surface area (Å²) in [4.78, 5) is 29.3. The fourth-order valence-corrected chi connectivity index (χ4v) is 8.76. The number of amides is 1. The van der Waals surface area contributed by atoms with Crippen molar-refractivity contribution >= 4 is 11.7 Å². The Labute approximate surface area is 242 Å². The minimum atomic E-state index is -5.88. The van der Waals surface area contributed by atoms with Gasteiger partial charge in [-0.05, 0) is 92.3 Å². The summed E-state index contributed by atoms with van der Waals surface area (Å²) in [6.07, 6.45) is -2.93. The van der Waals surface area contributed by atoms with Crippen LogP contribution in [0.25, 0.3) is 0 Å². The molecular formula is C32H37F5N2O3.